The first kappa shape index (κ1) is 21.3. The molecule has 0 aliphatic rings. The molecule has 2 aromatic heterocycles. The number of amides is 1. The summed E-state index contributed by atoms with van der Waals surface area (Å²) < 4.78 is 16.6. The molecule has 3 aromatic rings. The number of carbonyl (C=O) groups is 2. The Kier molecular flexibility index (Phi) is 6.36. The summed E-state index contributed by atoms with van der Waals surface area (Å²) in [6.07, 6.45) is 1.30. The third-order valence-corrected chi connectivity index (χ3v) is 5.35. The van der Waals surface area contributed by atoms with Crippen molar-refractivity contribution in [2.75, 3.05) is 26.1 Å². The van der Waals surface area contributed by atoms with Gasteiger partial charge in [0.25, 0.3) is 5.56 Å². The van der Waals surface area contributed by atoms with E-state index in [0.29, 0.717) is 22.0 Å². The van der Waals surface area contributed by atoms with Gasteiger partial charge in [-0.2, -0.15) is 0 Å². The van der Waals surface area contributed by atoms with Gasteiger partial charge in [0.05, 0.1) is 38.1 Å². The Morgan fingerprint density at radius 1 is 1.23 bits per heavy atom. The summed E-state index contributed by atoms with van der Waals surface area (Å²) in [6, 6.07) is 4.06. The van der Waals surface area contributed by atoms with Crippen molar-refractivity contribution in [2.45, 2.75) is 19.9 Å². The van der Waals surface area contributed by atoms with E-state index in [4.69, 9.17) is 14.2 Å². The highest BCUT2D eigenvalue weighted by molar-refractivity contribution is 7.17. The number of esters is 1. The molecule has 1 atom stereocenters. The van der Waals surface area contributed by atoms with Crippen LogP contribution < -0.4 is 20.3 Å². The van der Waals surface area contributed by atoms with Gasteiger partial charge in [0.1, 0.15) is 10.9 Å². The van der Waals surface area contributed by atoms with E-state index in [1.807, 2.05) is 0 Å². The van der Waals surface area contributed by atoms with Crippen molar-refractivity contribution in [1.82, 2.24) is 9.55 Å². The van der Waals surface area contributed by atoms with Crippen LogP contribution >= 0.6 is 11.3 Å². The number of nitrogens with one attached hydrogen (secondary N) is 1. The summed E-state index contributed by atoms with van der Waals surface area (Å²) in [5.74, 6) is -0.0415. The lowest BCUT2D eigenvalue weighted by atomic mass is 10.2. The molecule has 1 amide bonds. The summed E-state index contributed by atoms with van der Waals surface area (Å²) in [5.41, 5.74) is 0.143. The van der Waals surface area contributed by atoms with E-state index in [1.54, 1.807) is 32.0 Å². The number of fused-ring (bicyclic) bond motifs is 1. The van der Waals surface area contributed by atoms with E-state index in [1.165, 1.54) is 41.8 Å². The fraction of sp³-hybridized carbons (Fsp3) is 0.300. The number of ether oxygens (including phenoxy) is 3. The molecule has 3 rings (SSSR count). The number of benzene rings is 1. The largest absolute Gasteiger partial charge is 0.493 e. The fourth-order valence-corrected chi connectivity index (χ4v) is 3.73. The van der Waals surface area contributed by atoms with Gasteiger partial charge in [0.2, 0.25) is 5.91 Å². The number of anilines is 1. The molecule has 1 unspecified atom stereocenters. The van der Waals surface area contributed by atoms with E-state index in [2.05, 4.69) is 10.3 Å². The lowest BCUT2D eigenvalue weighted by molar-refractivity contribution is -0.118. The molecular formula is C20H21N3O6S. The van der Waals surface area contributed by atoms with Gasteiger partial charge in [-0.05, 0) is 26.0 Å². The summed E-state index contributed by atoms with van der Waals surface area (Å²) in [6.45, 7) is 3.44. The number of hydrogen-bond acceptors (Lipinski definition) is 8. The minimum atomic E-state index is -0.877. The highest BCUT2D eigenvalue weighted by Gasteiger charge is 2.23. The highest BCUT2D eigenvalue weighted by atomic mass is 32.1. The van der Waals surface area contributed by atoms with Gasteiger partial charge in [0.15, 0.2) is 11.5 Å². The standard InChI is InChI=1S/C20H21N3O6S/c1-5-29-20(26)13-9-30-18-16(13)19(25)23(10-21-18)11(2)17(24)22-12-6-7-14(27-3)15(8-12)28-4/h6-11H,5H2,1-4H3,(H,22,24). The quantitative estimate of drug-likeness (QED) is 0.573. The molecular weight excluding hydrogens is 410 g/mol. The zero-order chi connectivity index (χ0) is 21.8. The van der Waals surface area contributed by atoms with Crippen LogP contribution in [0.1, 0.15) is 30.2 Å². The minimum Gasteiger partial charge on any atom is -0.493 e. The second-order valence-electron chi connectivity index (χ2n) is 6.24. The monoisotopic (exact) mass is 431 g/mol. The number of methoxy groups -OCH3 is 2. The predicted molar refractivity (Wildman–Crippen MR) is 113 cm³/mol. The van der Waals surface area contributed by atoms with E-state index in [-0.39, 0.29) is 17.6 Å². The molecule has 0 spiro atoms. The topological polar surface area (TPSA) is 109 Å². The number of hydrogen-bond donors (Lipinski definition) is 1. The lowest BCUT2D eigenvalue weighted by Crippen LogP contribution is -2.32. The molecule has 9 nitrogen and oxygen atoms in total. The van der Waals surface area contributed by atoms with Crippen LogP contribution in [-0.4, -0.2) is 42.3 Å². The normalized spacial score (nSPS) is 11.7. The number of carbonyl (C=O) groups excluding carboxylic acids is 2. The molecule has 30 heavy (non-hydrogen) atoms. The summed E-state index contributed by atoms with van der Waals surface area (Å²) >= 11 is 1.17. The van der Waals surface area contributed by atoms with Crippen LogP contribution in [0.15, 0.2) is 34.7 Å². The Balaban J connectivity index is 1.91. The fourth-order valence-electron chi connectivity index (χ4n) is 2.87. The molecule has 158 valence electrons. The Bertz CT molecular complexity index is 1150. The molecule has 0 fully saturated rings. The number of thiophene rings is 1. The van der Waals surface area contributed by atoms with Gasteiger partial charge in [0, 0.05) is 17.1 Å². The molecule has 0 saturated carbocycles. The number of nitrogens with zero attached hydrogens (tertiary/aromatic N) is 2. The third kappa shape index (κ3) is 3.99. The smallest absolute Gasteiger partial charge is 0.339 e. The molecule has 0 radical (unpaired) electrons. The minimum absolute atomic E-state index is 0.145. The summed E-state index contributed by atoms with van der Waals surface area (Å²) in [5, 5.41) is 4.42. The van der Waals surface area contributed by atoms with Gasteiger partial charge in [-0.1, -0.05) is 0 Å². The van der Waals surface area contributed by atoms with Gasteiger partial charge in [-0.15, -0.1) is 11.3 Å². The Labute approximate surface area is 176 Å². The van der Waals surface area contributed by atoms with E-state index >= 15 is 0 Å². The second-order valence-corrected chi connectivity index (χ2v) is 7.10. The van der Waals surface area contributed by atoms with Crippen molar-refractivity contribution in [1.29, 1.82) is 0 Å². The molecule has 0 bridgehead atoms. The van der Waals surface area contributed by atoms with Crippen molar-refractivity contribution in [3.63, 3.8) is 0 Å². The molecule has 0 aliphatic heterocycles. The first-order valence-electron chi connectivity index (χ1n) is 9.09. The predicted octanol–water partition coefficient (Wildman–Crippen LogP) is 2.85. The maximum absolute atomic E-state index is 13.0. The first-order valence-corrected chi connectivity index (χ1v) is 9.97. The van der Waals surface area contributed by atoms with Crippen molar-refractivity contribution in [3.8, 4) is 11.5 Å². The molecule has 0 aliphatic carbocycles. The van der Waals surface area contributed by atoms with Crippen LogP contribution in [0.5, 0.6) is 11.5 Å². The SMILES string of the molecule is CCOC(=O)c1csc2ncn(C(C)C(=O)Nc3ccc(OC)c(OC)c3)c(=O)c12. The zero-order valence-corrected chi connectivity index (χ0v) is 17.7. The van der Waals surface area contributed by atoms with E-state index in [0.717, 1.165) is 0 Å². The molecule has 2 heterocycles. The van der Waals surface area contributed by atoms with Crippen LogP contribution in [0.4, 0.5) is 5.69 Å². The van der Waals surface area contributed by atoms with Gasteiger partial charge < -0.3 is 19.5 Å². The number of rotatable bonds is 7. The number of aromatic nitrogens is 2. The molecule has 10 heteroatoms. The maximum atomic E-state index is 13.0. The summed E-state index contributed by atoms with van der Waals surface area (Å²) in [7, 11) is 3.01. The second kappa shape index (κ2) is 8.95. The van der Waals surface area contributed by atoms with Crippen molar-refractivity contribution >= 4 is 39.1 Å². The lowest BCUT2D eigenvalue weighted by Gasteiger charge is -2.16. The first-order chi connectivity index (χ1) is 14.4. The van der Waals surface area contributed by atoms with Crippen LogP contribution in [0.3, 0.4) is 0 Å². The van der Waals surface area contributed by atoms with Crippen LogP contribution in [0, 0.1) is 0 Å². The molecule has 0 saturated heterocycles. The average molecular weight is 431 g/mol. The third-order valence-electron chi connectivity index (χ3n) is 4.46. The Morgan fingerprint density at radius 3 is 2.63 bits per heavy atom. The van der Waals surface area contributed by atoms with Crippen molar-refractivity contribution in [2.24, 2.45) is 0 Å². The van der Waals surface area contributed by atoms with E-state index in [9.17, 15) is 14.4 Å². The summed E-state index contributed by atoms with van der Waals surface area (Å²) in [4.78, 5) is 42.5. The van der Waals surface area contributed by atoms with E-state index < -0.39 is 23.5 Å². The van der Waals surface area contributed by atoms with Gasteiger partial charge >= 0.3 is 5.97 Å². The zero-order valence-electron chi connectivity index (χ0n) is 16.9. The van der Waals surface area contributed by atoms with Crippen LogP contribution in [0.25, 0.3) is 10.2 Å². The maximum Gasteiger partial charge on any atom is 0.339 e. The Morgan fingerprint density at radius 2 is 1.97 bits per heavy atom. The van der Waals surface area contributed by atoms with Crippen LogP contribution in [-0.2, 0) is 9.53 Å². The average Bonchev–Trinajstić information content (AvgIpc) is 3.18. The van der Waals surface area contributed by atoms with Crippen molar-refractivity contribution in [3.05, 3.63) is 45.8 Å². The molecule has 1 N–H and O–H groups in total. The van der Waals surface area contributed by atoms with Gasteiger partial charge in [-0.3, -0.25) is 14.2 Å². The van der Waals surface area contributed by atoms with Crippen molar-refractivity contribution < 1.29 is 23.8 Å². The highest BCUT2D eigenvalue weighted by Crippen LogP contribution is 2.30. The van der Waals surface area contributed by atoms with Crippen LogP contribution in [0.2, 0.25) is 0 Å². The molecule has 1 aromatic carbocycles. The Hall–Kier alpha value is -3.40. The van der Waals surface area contributed by atoms with Gasteiger partial charge in [-0.25, -0.2) is 9.78 Å².